The average molecular weight is 377 g/mol. The van der Waals surface area contributed by atoms with Crippen molar-refractivity contribution < 1.29 is 4.79 Å². The fraction of sp³-hybridized carbons (Fsp3) is 0.167. The molecule has 0 radical (unpaired) electrons. The molecule has 0 aliphatic heterocycles. The first-order valence-electron chi connectivity index (χ1n) is 7.12. The molecule has 2 nitrogen and oxygen atoms in total. The highest BCUT2D eigenvalue weighted by Gasteiger charge is 2.22. The van der Waals surface area contributed by atoms with Crippen LogP contribution >= 0.6 is 27.5 Å². The summed E-state index contributed by atoms with van der Waals surface area (Å²) in [5, 5.41) is 3.92. The molecule has 1 aliphatic rings. The first-order valence-corrected chi connectivity index (χ1v) is 8.29. The second kappa shape index (κ2) is 6.67. The second-order valence-corrected chi connectivity index (χ2v) is 6.72. The highest BCUT2D eigenvalue weighted by atomic mass is 79.9. The highest BCUT2D eigenvalue weighted by Crippen LogP contribution is 2.33. The Bertz CT molecular complexity index is 727. The maximum atomic E-state index is 12.0. The van der Waals surface area contributed by atoms with Crippen LogP contribution in [-0.2, 0) is 4.79 Å². The molecule has 4 heteroatoms. The molecular formula is C18H15BrClNO. The molecule has 0 unspecified atom stereocenters. The summed E-state index contributed by atoms with van der Waals surface area (Å²) in [5.74, 6) is 0.367. The molecule has 0 spiro atoms. The van der Waals surface area contributed by atoms with Crippen LogP contribution in [0.3, 0.4) is 0 Å². The number of nitrogens with one attached hydrogen (secondary N) is 1. The molecule has 0 saturated carbocycles. The van der Waals surface area contributed by atoms with Gasteiger partial charge in [0.1, 0.15) is 0 Å². The molecule has 0 aromatic heterocycles. The molecule has 0 heterocycles. The van der Waals surface area contributed by atoms with Gasteiger partial charge in [0.05, 0.1) is 10.7 Å². The quantitative estimate of drug-likeness (QED) is 0.761. The van der Waals surface area contributed by atoms with Gasteiger partial charge in [0.25, 0.3) is 0 Å². The van der Waals surface area contributed by atoms with Gasteiger partial charge in [0.15, 0.2) is 5.78 Å². The third kappa shape index (κ3) is 3.60. The Morgan fingerprint density at radius 1 is 1.09 bits per heavy atom. The first-order chi connectivity index (χ1) is 10.6. The summed E-state index contributed by atoms with van der Waals surface area (Å²) < 4.78 is 0.930. The van der Waals surface area contributed by atoms with Crippen LogP contribution in [0.5, 0.6) is 0 Å². The van der Waals surface area contributed by atoms with Crippen LogP contribution in [0, 0.1) is 0 Å². The fourth-order valence-electron chi connectivity index (χ4n) is 2.70. The predicted octanol–water partition coefficient (Wildman–Crippen LogP) is 5.55. The Morgan fingerprint density at radius 2 is 1.86 bits per heavy atom. The van der Waals surface area contributed by atoms with Crippen LogP contribution in [0.25, 0.3) is 0 Å². The molecule has 2 aromatic carbocycles. The highest BCUT2D eigenvalue weighted by molar-refractivity contribution is 9.10. The van der Waals surface area contributed by atoms with E-state index in [0.717, 1.165) is 22.3 Å². The lowest BCUT2D eigenvalue weighted by atomic mass is 9.85. The van der Waals surface area contributed by atoms with E-state index in [1.54, 1.807) is 6.08 Å². The Labute approximate surface area is 143 Å². The summed E-state index contributed by atoms with van der Waals surface area (Å²) in [6.45, 7) is 0. The summed E-state index contributed by atoms with van der Waals surface area (Å²) in [6, 6.07) is 15.8. The monoisotopic (exact) mass is 375 g/mol. The van der Waals surface area contributed by atoms with Crippen LogP contribution in [0.4, 0.5) is 5.69 Å². The third-order valence-corrected chi connectivity index (χ3v) is 4.55. The number of carbonyl (C=O) groups excluding carboxylic acids is 1. The first kappa shape index (κ1) is 15.3. The predicted molar refractivity (Wildman–Crippen MR) is 94.3 cm³/mol. The molecule has 0 bridgehead atoms. The van der Waals surface area contributed by atoms with Crippen LogP contribution in [-0.4, -0.2) is 5.78 Å². The summed E-state index contributed by atoms with van der Waals surface area (Å²) in [7, 11) is 0. The van der Waals surface area contributed by atoms with Gasteiger partial charge in [0, 0.05) is 22.7 Å². The number of rotatable bonds is 3. The molecule has 1 atom stereocenters. The van der Waals surface area contributed by atoms with Crippen molar-refractivity contribution in [2.24, 2.45) is 0 Å². The summed E-state index contributed by atoms with van der Waals surface area (Å²) >= 11 is 9.62. The fourth-order valence-corrected chi connectivity index (χ4v) is 3.43. The summed E-state index contributed by atoms with van der Waals surface area (Å²) in [5.41, 5.74) is 2.93. The van der Waals surface area contributed by atoms with Gasteiger partial charge in [-0.1, -0.05) is 57.9 Å². The second-order valence-electron chi connectivity index (χ2n) is 5.40. The number of carbonyl (C=O) groups is 1. The van der Waals surface area contributed by atoms with E-state index in [2.05, 4.69) is 33.4 Å². The van der Waals surface area contributed by atoms with E-state index in [0.29, 0.717) is 11.4 Å². The molecule has 1 N–H and O–H groups in total. The van der Waals surface area contributed by atoms with Gasteiger partial charge in [-0.2, -0.15) is 0 Å². The van der Waals surface area contributed by atoms with Crippen molar-refractivity contribution in [3.8, 4) is 0 Å². The van der Waals surface area contributed by atoms with Crippen molar-refractivity contribution in [1.29, 1.82) is 0 Å². The molecular weight excluding hydrogens is 362 g/mol. The smallest absolute Gasteiger partial charge is 0.158 e. The van der Waals surface area contributed by atoms with Crippen LogP contribution < -0.4 is 5.32 Å². The topological polar surface area (TPSA) is 29.1 Å². The largest absolute Gasteiger partial charge is 0.358 e. The molecule has 3 rings (SSSR count). The molecule has 0 saturated heterocycles. The molecule has 1 aliphatic carbocycles. The maximum absolute atomic E-state index is 12.0. The zero-order valence-electron chi connectivity index (χ0n) is 11.9. The normalized spacial score (nSPS) is 18.0. The van der Waals surface area contributed by atoms with E-state index in [1.807, 2.05) is 36.4 Å². The average Bonchev–Trinajstić information content (AvgIpc) is 2.50. The molecule has 0 fully saturated rings. The minimum Gasteiger partial charge on any atom is -0.358 e. The lowest BCUT2D eigenvalue weighted by Gasteiger charge is -2.23. The van der Waals surface area contributed by atoms with Crippen LogP contribution in [0.15, 0.2) is 64.8 Å². The Kier molecular flexibility index (Phi) is 4.65. The van der Waals surface area contributed by atoms with Gasteiger partial charge in [-0.05, 0) is 36.1 Å². The Hall–Kier alpha value is -1.58. The zero-order chi connectivity index (χ0) is 15.5. The Morgan fingerprint density at radius 3 is 2.59 bits per heavy atom. The number of anilines is 1. The number of allylic oxidation sites excluding steroid dienone is 2. The number of ketones is 1. The maximum Gasteiger partial charge on any atom is 0.158 e. The molecule has 112 valence electrons. The number of hydrogen-bond donors (Lipinski definition) is 1. The molecule has 0 amide bonds. The van der Waals surface area contributed by atoms with Gasteiger partial charge >= 0.3 is 0 Å². The van der Waals surface area contributed by atoms with E-state index >= 15 is 0 Å². The lowest BCUT2D eigenvalue weighted by Crippen LogP contribution is -2.16. The van der Waals surface area contributed by atoms with Gasteiger partial charge in [-0.15, -0.1) is 0 Å². The number of benzene rings is 2. The van der Waals surface area contributed by atoms with Gasteiger partial charge < -0.3 is 5.32 Å². The van der Waals surface area contributed by atoms with Crippen molar-refractivity contribution in [3.05, 3.63) is 75.4 Å². The minimum absolute atomic E-state index is 0.149. The lowest BCUT2D eigenvalue weighted by molar-refractivity contribution is -0.115. The van der Waals surface area contributed by atoms with E-state index in [-0.39, 0.29) is 11.7 Å². The standard InChI is InChI=1S/C18H15BrClNO/c19-14-6-7-18(17(20)10-14)21-15-8-13(9-16(22)11-15)12-4-2-1-3-5-12/h1-7,10-11,13,21H,8-9H2/t13-/m1/s1. The molecule has 2 aromatic rings. The summed E-state index contributed by atoms with van der Waals surface area (Å²) in [6.07, 6.45) is 3.06. The van der Waals surface area contributed by atoms with E-state index < -0.39 is 0 Å². The van der Waals surface area contributed by atoms with Crippen LogP contribution in [0.1, 0.15) is 24.3 Å². The van der Waals surface area contributed by atoms with Crippen molar-refractivity contribution >= 4 is 39.0 Å². The Balaban J connectivity index is 1.80. The van der Waals surface area contributed by atoms with Crippen molar-refractivity contribution in [3.63, 3.8) is 0 Å². The number of hydrogen-bond acceptors (Lipinski definition) is 2. The zero-order valence-corrected chi connectivity index (χ0v) is 14.2. The minimum atomic E-state index is 0.149. The van der Waals surface area contributed by atoms with E-state index in [9.17, 15) is 4.79 Å². The number of halogens is 2. The van der Waals surface area contributed by atoms with E-state index in [1.165, 1.54) is 5.56 Å². The van der Waals surface area contributed by atoms with Crippen molar-refractivity contribution in [2.45, 2.75) is 18.8 Å². The SMILES string of the molecule is O=C1C=C(Nc2ccc(Br)cc2Cl)C[C@@H](c2ccccc2)C1. The van der Waals surface area contributed by atoms with Gasteiger partial charge in [-0.3, -0.25) is 4.79 Å². The van der Waals surface area contributed by atoms with Crippen molar-refractivity contribution in [2.75, 3.05) is 5.32 Å². The van der Waals surface area contributed by atoms with Gasteiger partial charge in [0.2, 0.25) is 0 Å². The van der Waals surface area contributed by atoms with E-state index in [4.69, 9.17) is 11.6 Å². The molecule has 22 heavy (non-hydrogen) atoms. The van der Waals surface area contributed by atoms with Crippen molar-refractivity contribution in [1.82, 2.24) is 0 Å². The summed E-state index contributed by atoms with van der Waals surface area (Å²) in [4.78, 5) is 12.0. The third-order valence-electron chi connectivity index (χ3n) is 3.75. The van der Waals surface area contributed by atoms with Crippen LogP contribution in [0.2, 0.25) is 5.02 Å². The van der Waals surface area contributed by atoms with Gasteiger partial charge in [-0.25, -0.2) is 0 Å².